The van der Waals surface area contributed by atoms with E-state index in [1.54, 1.807) is 23.6 Å². The number of thioether (sulfide) groups is 1. The number of nitrogens with zero attached hydrogens (tertiary/aromatic N) is 5. The molecule has 8 heteroatoms. The Hall–Kier alpha value is -2.45. The average Bonchev–Trinajstić information content (AvgIpc) is 3.30. The highest BCUT2D eigenvalue weighted by Gasteiger charge is 2.30. The molecule has 0 radical (unpaired) electrons. The molecule has 1 saturated carbocycles. The zero-order chi connectivity index (χ0) is 19.5. The monoisotopic (exact) mass is 411 g/mol. The fourth-order valence-corrected chi connectivity index (χ4v) is 4.80. The Kier molecular flexibility index (Phi) is 5.59. The molecule has 0 bridgehead atoms. The van der Waals surface area contributed by atoms with E-state index in [1.807, 2.05) is 41.8 Å². The SMILES string of the molecule is C=CCn1c(SCc2csc(N(C(C)=O)c3ccccc3)n2)nnc1C1CC1. The number of para-hydroxylation sites is 1. The molecule has 0 unspecified atom stereocenters. The molecule has 0 spiro atoms. The standard InChI is InChI=1S/C20H21N5OS2/c1-3-11-24-18(15-9-10-15)22-23-20(24)28-13-16-12-27-19(21-16)25(14(2)26)17-7-5-4-6-8-17/h3-8,12,15H,1,9-11,13H2,2H3. The normalized spacial score (nSPS) is 13.5. The quantitative estimate of drug-likeness (QED) is 0.394. The molecule has 6 nitrogen and oxygen atoms in total. The first-order valence-corrected chi connectivity index (χ1v) is 11.0. The van der Waals surface area contributed by atoms with Crippen LogP contribution in [0.5, 0.6) is 0 Å². The number of amides is 1. The van der Waals surface area contributed by atoms with Crippen LogP contribution in [0.3, 0.4) is 0 Å². The van der Waals surface area contributed by atoms with Crippen LogP contribution in [0.15, 0.2) is 53.5 Å². The summed E-state index contributed by atoms with van der Waals surface area (Å²) in [7, 11) is 0. The topological polar surface area (TPSA) is 63.9 Å². The maximum Gasteiger partial charge on any atom is 0.230 e. The fraction of sp³-hybridized carbons (Fsp3) is 0.300. The number of hydrogen-bond acceptors (Lipinski definition) is 6. The van der Waals surface area contributed by atoms with Gasteiger partial charge in [-0.1, -0.05) is 36.0 Å². The molecular formula is C20H21N5OS2. The van der Waals surface area contributed by atoms with E-state index in [0.29, 0.717) is 16.8 Å². The number of thiazole rings is 1. The first kappa shape index (κ1) is 18.9. The summed E-state index contributed by atoms with van der Waals surface area (Å²) in [6.45, 7) is 6.12. The van der Waals surface area contributed by atoms with Crippen molar-refractivity contribution in [3.63, 3.8) is 0 Å². The average molecular weight is 412 g/mol. The molecule has 1 fully saturated rings. The van der Waals surface area contributed by atoms with Crippen LogP contribution in [0.1, 0.15) is 37.2 Å². The smallest absolute Gasteiger partial charge is 0.230 e. The second-order valence-corrected chi connectivity index (χ2v) is 8.39. The van der Waals surface area contributed by atoms with E-state index in [0.717, 1.165) is 28.9 Å². The van der Waals surface area contributed by atoms with Gasteiger partial charge < -0.3 is 4.57 Å². The molecule has 1 aliphatic rings. The van der Waals surface area contributed by atoms with Gasteiger partial charge in [-0.15, -0.1) is 28.1 Å². The lowest BCUT2D eigenvalue weighted by atomic mass is 10.3. The van der Waals surface area contributed by atoms with Crippen LogP contribution in [-0.2, 0) is 17.1 Å². The van der Waals surface area contributed by atoms with E-state index < -0.39 is 0 Å². The largest absolute Gasteiger partial charge is 0.302 e. The number of anilines is 2. The Balaban J connectivity index is 1.49. The zero-order valence-corrected chi connectivity index (χ0v) is 17.2. The summed E-state index contributed by atoms with van der Waals surface area (Å²) >= 11 is 3.09. The second kappa shape index (κ2) is 8.28. The van der Waals surface area contributed by atoms with Crippen molar-refractivity contribution in [2.75, 3.05) is 4.90 Å². The van der Waals surface area contributed by atoms with E-state index in [-0.39, 0.29) is 5.91 Å². The maximum atomic E-state index is 12.2. The molecule has 144 valence electrons. The van der Waals surface area contributed by atoms with Crippen molar-refractivity contribution >= 4 is 39.8 Å². The van der Waals surface area contributed by atoms with Crippen LogP contribution in [0.25, 0.3) is 0 Å². The molecule has 0 N–H and O–H groups in total. The van der Waals surface area contributed by atoms with Crippen molar-refractivity contribution < 1.29 is 4.79 Å². The van der Waals surface area contributed by atoms with Gasteiger partial charge >= 0.3 is 0 Å². The van der Waals surface area contributed by atoms with Crippen molar-refractivity contribution in [2.24, 2.45) is 0 Å². The Morgan fingerprint density at radius 1 is 1.36 bits per heavy atom. The Bertz CT molecular complexity index is 978. The third-order valence-electron chi connectivity index (χ3n) is 4.41. The highest BCUT2D eigenvalue weighted by molar-refractivity contribution is 7.98. The van der Waals surface area contributed by atoms with Gasteiger partial charge in [-0.3, -0.25) is 9.69 Å². The molecule has 2 heterocycles. The van der Waals surface area contributed by atoms with Gasteiger partial charge in [0.2, 0.25) is 5.91 Å². The fourth-order valence-electron chi connectivity index (χ4n) is 2.96. The van der Waals surface area contributed by atoms with Gasteiger partial charge in [0, 0.05) is 30.5 Å². The van der Waals surface area contributed by atoms with Gasteiger partial charge in [-0.2, -0.15) is 0 Å². The summed E-state index contributed by atoms with van der Waals surface area (Å²) in [5.74, 6) is 2.23. The third kappa shape index (κ3) is 4.02. The first-order valence-electron chi connectivity index (χ1n) is 9.14. The summed E-state index contributed by atoms with van der Waals surface area (Å²) < 4.78 is 2.15. The van der Waals surface area contributed by atoms with E-state index in [9.17, 15) is 4.79 Å². The van der Waals surface area contributed by atoms with Crippen LogP contribution in [0.2, 0.25) is 0 Å². The van der Waals surface area contributed by atoms with Crippen molar-refractivity contribution in [1.29, 1.82) is 0 Å². The number of carbonyl (C=O) groups is 1. The molecule has 3 aromatic rings. The Morgan fingerprint density at radius 2 is 2.14 bits per heavy atom. The Labute approximate surface area is 172 Å². The van der Waals surface area contributed by atoms with Gasteiger partial charge in [0.15, 0.2) is 10.3 Å². The van der Waals surface area contributed by atoms with Crippen LogP contribution >= 0.6 is 23.1 Å². The molecule has 0 atom stereocenters. The highest BCUT2D eigenvalue weighted by atomic mass is 32.2. The molecule has 0 saturated heterocycles. The molecule has 1 aliphatic carbocycles. The summed E-state index contributed by atoms with van der Waals surface area (Å²) in [5, 5.41) is 12.3. The minimum absolute atomic E-state index is 0.0560. The van der Waals surface area contributed by atoms with Gasteiger partial charge in [0.25, 0.3) is 0 Å². The van der Waals surface area contributed by atoms with E-state index in [2.05, 4.69) is 26.3 Å². The van der Waals surface area contributed by atoms with Crippen LogP contribution in [0, 0.1) is 0 Å². The molecule has 1 amide bonds. The third-order valence-corrected chi connectivity index (χ3v) is 6.28. The first-order chi connectivity index (χ1) is 13.7. The Morgan fingerprint density at radius 3 is 2.82 bits per heavy atom. The number of benzene rings is 1. The molecule has 4 rings (SSSR count). The minimum atomic E-state index is -0.0560. The summed E-state index contributed by atoms with van der Waals surface area (Å²) in [6, 6.07) is 9.59. The molecule has 0 aliphatic heterocycles. The van der Waals surface area contributed by atoms with Gasteiger partial charge in [-0.05, 0) is 25.0 Å². The van der Waals surface area contributed by atoms with Crippen LogP contribution in [0.4, 0.5) is 10.8 Å². The predicted molar refractivity (Wildman–Crippen MR) is 113 cm³/mol. The lowest BCUT2D eigenvalue weighted by Crippen LogP contribution is -2.22. The minimum Gasteiger partial charge on any atom is -0.302 e. The maximum absolute atomic E-state index is 12.2. The van der Waals surface area contributed by atoms with E-state index >= 15 is 0 Å². The van der Waals surface area contributed by atoms with Crippen LogP contribution in [-0.4, -0.2) is 25.7 Å². The van der Waals surface area contributed by atoms with Crippen molar-refractivity contribution in [1.82, 2.24) is 19.7 Å². The van der Waals surface area contributed by atoms with Crippen molar-refractivity contribution in [3.8, 4) is 0 Å². The molecule has 1 aromatic carbocycles. The van der Waals surface area contributed by atoms with Crippen molar-refractivity contribution in [2.45, 2.75) is 43.1 Å². The summed E-state index contributed by atoms with van der Waals surface area (Å²) in [5.41, 5.74) is 1.75. The number of aromatic nitrogens is 4. The van der Waals surface area contributed by atoms with Gasteiger partial charge in [0.05, 0.1) is 11.4 Å². The highest BCUT2D eigenvalue weighted by Crippen LogP contribution is 2.40. The van der Waals surface area contributed by atoms with Crippen LogP contribution < -0.4 is 4.90 Å². The predicted octanol–water partition coefficient (Wildman–Crippen LogP) is 4.77. The van der Waals surface area contributed by atoms with E-state index in [1.165, 1.54) is 24.2 Å². The number of allylic oxidation sites excluding steroid dienone is 1. The molecule has 28 heavy (non-hydrogen) atoms. The van der Waals surface area contributed by atoms with Crippen molar-refractivity contribution in [3.05, 3.63) is 59.9 Å². The summed E-state index contributed by atoms with van der Waals surface area (Å²) in [6.07, 6.45) is 4.26. The summed E-state index contributed by atoms with van der Waals surface area (Å²) in [4.78, 5) is 18.5. The number of hydrogen-bond donors (Lipinski definition) is 0. The molecular weight excluding hydrogens is 390 g/mol. The number of rotatable bonds is 8. The lowest BCUT2D eigenvalue weighted by Gasteiger charge is -2.17. The molecule has 2 aromatic heterocycles. The van der Waals surface area contributed by atoms with Gasteiger partial charge in [-0.25, -0.2) is 4.98 Å². The van der Waals surface area contributed by atoms with Gasteiger partial charge in [0.1, 0.15) is 5.82 Å². The lowest BCUT2D eigenvalue weighted by molar-refractivity contribution is -0.115. The second-order valence-electron chi connectivity index (χ2n) is 6.61. The number of carbonyl (C=O) groups excluding carboxylic acids is 1. The van der Waals surface area contributed by atoms with E-state index in [4.69, 9.17) is 0 Å². The zero-order valence-electron chi connectivity index (χ0n) is 15.6.